The number of rotatable bonds is 8. The van der Waals surface area contributed by atoms with E-state index in [1.165, 1.54) is 0 Å². The number of benzene rings is 1. The summed E-state index contributed by atoms with van der Waals surface area (Å²) in [4.78, 5) is 6.02. The largest absolute Gasteiger partial charge is 0.492 e. The van der Waals surface area contributed by atoms with Crippen LogP contribution < -0.4 is 9.47 Å². The Balaban J connectivity index is 1.71. The van der Waals surface area contributed by atoms with Crippen molar-refractivity contribution in [2.45, 2.75) is 25.9 Å². The second-order valence-corrected chi connectivity index (χ2v) is 7.34. The highest BCUT2D eigenvalue weighted by atomic mass is 35.5. The molecule has 1 aromatic heterocycles. The molecule has 30 heavy (non-hydrogen) atoms. The topological polar surface area (TPSA) is 43.8 Å². The van der Waals surface area contributed by atoms with Crippen LogP contribution in [0.5, 0.6) is 17.4 Å². The molecule has 3 rings (SSSR count). The van der Waals surface area contributed by atoms with Gasteiger partial charge in [-0.25, -0.2) is 4.98 Å². The first kappa shape index (κ1) is 22.7. The number of nitrogens with zero attached hydrogens (tertiary/aromatic N) is 2. The monoisotopic (exact) mass is 444 g/mol. The van der Waals surface area contributed by atoms with Crippen molar-refractivity contribution in [3.8, 4) is 17.4 Å². The van der Waals surface area contributed by atoms with Crippen LogP contribution in [0.25, 0.3) is 0 Å². The molecule has 0 atom stereocenters. The quantitative estimate of drug-likeness (QED) is 0.559. The third-order valence-electron chi connectivity index (χ3n) is 4.68. The van der Waals surface area contributed by atoms with E-state index < -0.39 is 11.7 Å². The summed E-state index contributed by atoms with van der Waals surface area (Å²) >= 11 is 5.99. The Hall–Kier alpha value is -2.03. The smallest absolute Gasteiger partial charge is 0.417 e. The minimum Gasteiger partial charge on any atom is -0.492 e. The first-order chi connectivity index (χ1) is 14.4. The third kappa shape index (κ3) is 6.23. The standard InChI is InChI=1S/C21H24ClF3N2O3/c1-2-3-15-4-5-17(29-11-8-27-6-9-28-10-7-27)13-19(15)30-20-18(22)12-16(14-26-20)21(23,24)25/h4-5,12-14H,2-3,6-11H2,1H3. The van der Waals surface area contributed by atoms with Gasteiger partial charge in [-0.2, -0.15) is 13.2 Å². The van der Waals surface area contributed by atoms with E-state index in [2.05, 4.69) is 9.88 Å². The SMILES string of the molecule is CCCc1ccc(OCCN2CCOCC2)cc1Oc1ncc(C(F)(F)F)cc1Cl. The maximum Gasteiger partial charge on any atom is 0.417 e. The summed E-state index contributed by atoms with van der Waals surface area (Å²) in [6.07, 6.45) is -2.19. The Kier molecular flexibility index (Phi) is 7.80. The van der Waals surface area contributed by atoms with Gasteiger partial charge in [-0.05, 0) is 24.1 Å². The van der Waals surface area contributed by atoms with Crippen LogP contribution in [0.3, 0.4) is 0 Å². The van der Waals surface area contributed by atoms with Crippen molar-refractivity contribution < 1.29 is 27.4 Å². The van der Waals surface area contributed by atoms with Crippen LogP contribution in [0.4, 0.5) is 13.2 Å². The highest BCUT2D eigenvalue weighted by Gasteiger charge is 2.32. The van der Waals surface area contributed by atoms with E-state index in [9.17, 15) is 13.2 Å². The fourth-order valence-electron chi connectivity index (χ4n) is 3.07. The summed E-state index contributed by atoms with van der Waals surface area (Å²) in [6.45, 7) is 6.53. The van der Waals surface area contributed by atoms with Gasteiger partial charge in [0, 0.05) is 31.9 Å². The zero-order chi connectivity index (χ0) is 21.6. The van der Waals surface area contributed by atoms with E-state index in [1.807, 2.05) is 19.1 Å². The molecule has 0 N–H and O–H groups in total. The fraction of sp³-hybridized carbons (Fsp3) is 0.476. The van der Waals surface area contributed by atoms with Crippen LogP contribution >= 0.6 is 11.6 Å². The second kappa shape index (κ2) is 10.3. The first-order valence-electron chi connectivity index (χ1n) is 9.83. The van der Waals surface area contributed by atoms with Gasteiger partial charge in [-0.3, -0.25) is 4.90 Å². The Morgan fingerprint density at radius 2 is 1.97 bits per heavy atom. The van der Waals surface area contributed by atoms with E-state index in [4.69, 9.17) is 25.8 Å². The lowest BCUT2D eigenvalue weighted by Crippen LogP contribution is -2.38. The minimum atomic E-state index is -4.52. The molecule has 0 amide bonds. The zero-order valence-electron chi connectivity index (χ0n) is 16.7. The molecule has 1 aliphatic rings. The van der Waals surface area contributed by atoms with Crippen molar-refractivity contribution in [1.29, 1.82) is 0 Å². The molecule has 2 heterocycles. The molecular weight excluding hydrogens is 421 g/mol. The van der Waals surface area contributed by atoms with Crippen LogP contribution in [0.1, 0.15) is 24.5 Å². The first-order valence-corrected chi connectivity index (χ1v) is 10.2. The third-order valence-corrected chi connectivity index (χ3v) is 4.95. The molecule has 164 valence electrons. The van der Waals surface area contributed by atoms with Crippen molar-refractivity contribution in [1.82, 2.24) is 9.88 Å². The normalized spacial score (nSPS) is 15.2. The van der Waals surface area contributed by atoms with Crippen molar-refractivity contribution in [3.05, 3.63) is 46.6 Å². The second-order valence-electron chi connectivity index (χ2n) is 6.93. The number of pyridine rings is 1. The summed E-state index contributed by atoms with van der Waals surface area (Å²) in [5.41, 5.74) is -0.0235. The van der Waals surface area contributed by atoms with Crippen LogP contribution in [-0.4, -0.2) is 49.3 Å². The van der Waals surface area contributed by atoms with Crippen molar-refractivity contribution in [2.75, 3.05) is 39.5 Å². The van der Waals surface area contributed by atoms with Crippen LogP contribution in [0.2, 0.25) is 5.02 Å². The lowest BCUT2D eigenvalue weighted by atomic mass is 10.1. The lowest BCUT2D eigenvalue weighted by Gasteiger charge is -2.26. The average Bonchev–Trinajstić information content (AvgIpc) is 2.71. The van der Waals surface area contributed by atoms with Gasteiger partial charge in [0.2, 0.25) is 5.88 Å². The van der Waals surface area contributed by atoms with Gasteiger partial charge >= 0.3 is 6.18 Å². The predicted octanol–water partition coefficient (Wildman–Crippen LogP) is 5.21. The van der Waals surface area contributed by atoms with E-state index >= 15 is 0 Å². The molecule has 0 unspecified atom stereocenters. The number of ether oxygens (including phenoxy) is 3. The molecule has 5 nitrogen and oxygen atoms in total. The maximum absolute atomic E-state index is 12.8. The van der Waals surface area contributed by atoms with Gasteiger partial charge in [0.25, 0.3) is 0 Å². The molecule has 0 bridgehead atoms. The van der Waals surface area contributed by atoms with Gasteiger partial charge in [-0.15, -0.1) is 0 Å². The zero-order valence-corrected chi connectivity index (χ0v) is 17.4. The summed E-state index contributed by atoms with van der Waals surface area (Å²) in [6, 6.07) is 6.28. The van der Waals surface area contributed by atoms with E-state index in [-0.39, 0.29) is 10.9 Å². The molecule has 1 aliphatic heterocycles. The number of alkyl halides is 3. The Labute approximate surface area is 178 Å². The minimum absolute atomic E-state index is 0.0764. The molecular formula is C21H24ClF3N2O3. The summed E-state index contributed by atoms with van der Waals surface area (Å²) < 4.78 is 55.5. The van der Waals surface area contributed by atoms with Gasteiger partial charge in [0.1, 0.15) is 23.1 Å². The molecule has 0 radical (unpaired) electrons. The van der Waals surface area contributed by atoms with E-state index in [1.54, 1.807) is 6.07 Å². The predicted molar refractivity (Wildman–Crippen MR) is 108 cm³/mol. The number of hydrogen-bond acceptors (Lipinski definition) is 5. The molecule has 2 aromatic rings. The van der Waals surface area contributed by atoms with E-state index in [0.29, 0.717) is 24.3 Å². The Morgan fingerprint density at radius 3 is 2.63 bits per heavy atom. The Bertz CT molecular complexity index is 843. The summed E-state index contributed by atoms with van der Waals surface area (Å²) in [5, 5.41) is -0.203. The van der Waals surface area contributed by atoms with Gasteiger partial charge in [-0.1, -0.05) is 31.0 Å². The number of aromatic nitrogens is 1. The molecule has 1 saturated heterocycles. The van der Waals surface area contributed by atoms with Crippen molar-refractivity contribution in [2.24, 2.45) is 0 Å². The number of morpholine rings is 1. The molecule has 0 spiro atoms. The summed E-state index contributed by atoms with van der Waals surface area (Å²) in [5.74, 6) is 1.00. The molecule has 0 aliphatic carbocycles. The molecule has 9 heteroatoms. The number of aryl methyl sites for hydroxylation is 1. The van der Waals surface area contributed by atoms with E-state index in [0.717, 1.165) is 57.3 Å². The highest BCUT2D eigenvalue weighted by molar-refractivity contribution is 6.31. The van der Waals surface area contributed by atoms with Crippen LogP contribution in [0, 0.1) is 0 Å². The molecule has 1 aromatic carbocycles. The fourth-order valence-corrected chi connectivity index (χ4v) is 3.28. The van der Waals surface area contributed by atoms with Crippen molar-refractivity contribution in [3.63, 3.8) is 0 Å². The van der Waals surface area contributed by atoms with Crippen molar-refractivity contribution >= 4 is 11.6 Å². The van der Waals surface area contributed by atoms with Crippen LogP contribution in [-0.2, 0) is 17.3 Å². The highest BCUT2D eigenvalue weighted by Crippen LogP contribution is 2.36. The molecule has 0 saturated carbocycles. The Morgan fingerprint density at radius 1 is 1.20 bits per heavy atom. The van der Waals surface area contributed by atoms with Gasteiger partial charge < -0.3 is 14.2 Å². The lowest BCUT2D eigenvalue weighted by molar-refractivity contribution is -0.137. The number of halogens is 4. The summed E-state index contributed by atoms with van der Waals surface area (Å²) in [7, 11) is 0. The maximum atomic E-state index is 12.8. The van der Waals surface area contributed by atoms with Gasteiger partial charge in [0.05, 0.1) is 18.8 Å². The number of hydrogen-bond donors (Lipinski definition) is 0. The van der Waals surface area contributed by atoms with Gasteiger partial charge in [0.15, 0.2) is 0 Å². The average molecular weight is 445 g/mol. The molecule has 1 fully saturated rings. The van der Waals surface area contributed by atoms with Crippen LogP contribution in [0.15, 0.2) is 30.5 Å².